The fourth-order valence-corrected chi connectivity index (χ4v) is 2.14. The van der Waals surface area contributed by atoms with E-state index in [0.717, 1.165) is 0 Å². The molecule has 1 saturated carbocycles. The second kappa shape index (κ2) is 9.42. The minimum Gasteiger partial charge on any atom is -0.352 e. The highest BCUT2D eigenvalue weighted by molar-refractivity contribution is 5.03. The normalized spacial score (nSPS) is 31.5. The highest BCUT2D eigenvalue weighted by Crippen LogP contribution is 2.34. The van der Waals surface area contributed by atoms with Crippen LogP contribution in [0.4, 0.5) is 0 Å². The van der Waals surface area contributed by atoms with Crippen molar-refractivity contribution in [3.8, 4) is 0 Å². The summed E-state index contributed by atoms with van der Waals surface area (Å²) in [5, 5.41) is 12.2. The summed E-state index contributed by atoms with van der Waals surface area (Å²) in [6.45, 7) is 0. The molecule has 0 atom stereocenters. The number of hydrogen-bond acceptors (Lipinski definition) is 18. The van der Waals surface area contributed by atoms with E-state index in [1.807, 2.05) is 32.0 Å². The van der Waals surface area contributed by atoms with E-state index in [0.29, 0.717) is 0 Å². The summed E-state index contributed by atoms with van der Waals surface area (Å²) in [4.78, 5) is 88.0. The van der Waals surface area contributed by atoms with E-state index in [9.17, 15) is 29.4 Å². The second-order valence-electron chi connectivity index (χ2n) is 3.87. The molecule has 18 nitrogen and oxygen atoms in total. The lowest BCUT2D eigenvalue weighted by Crippen LogP contribution is -2.66. The van der Waals surface area contributed by atoms with Crippen LogP contribution in [-0.4, -0.2) is 36.6 Å². The quantitative estimate of drug-likeness (QED) is 0.342. The third kappa shape index (κ3) is 3.78. The van der Waals surface area contributed by atoms with E-state index in [1.54, 1.807) is 0 Å². The predicted molar refractivity (Wildman–Crippen MR) is 64.0 cm³/mol. The molecule has 132 valence electrons. The van der Waals surface area contributed by atoms with Crippen molar-refractivity contribution in [2.45, 2.75) is 36.6 Å². The van der Waals surface area contributed by atoms with Gasteiger partial charge in [-0.25, -0.2) is 0 Å². The zero-order chi connectivity index (χ0) is 17.9. The van der Waals surface area contributed by atoms with Crippen molar-refractivity contribution in [1.82, 2.24) is 0 Å². The largest absolute Gasteiger partial charge is 0.352 e. The van der Waals surface area contributed by atoms with Crippen molar-refractivity contribution in [2.75, 3.05) is 0 Å². The molecule has 1 rings (SSSR count). The topological polar surface area (TPSA) is 232 Å². The molecular weight excluding hydrogens is 348 g/mol. The van der Waals surface area contributed by atoms with Crippen molar-refractivity contribution in [3.05, 3.63) is 29.4 Å². The average molecular weight is 354 g/mol. The molecule has 1 fully saturated rings. The van der Waals surface area contributed by atoms with Crippen LogP contribution >= 0.6 is 0 Å². The number of hydrogen-bond donors (Lipinski definition) is 0. The third-order valence-corrected chi connectivity index (χ3v) is 2.93. The van der Waals surface area contributed by atoms with Gasteiger partial charge in [-0.1, -0.05) is 0 Å². The molecule has 24 heavy (non-hydrogen) atoms. The predicted octanol–water partition coefficient (Wildman–Crippen LogP) is 0.400. The first kappa shape index (κ1) is 18.4. The molecule has 1 aliphatic carbocycles. The summed E-state index contributed by atoms with van der Waals surface area (Å²) >= 11 is 0. The van der Waals surface area contributed by atoms with Gasteiger partial charge in [0.15, 0.2) is 32.0 Å². The molecule has 0 aromatic rings. The fourth-order valence-electron chi connectivity index (χ4n) is 2.14. The summed E-state index contributed by atoms with van der Waals surface area (Å²) in [5.41, 5.74) is 0. The van der Waals surface area contributed by atoms with Crippen molar-refractivity contribution in [1.29, 1.82) is 0 Å². The highest BCUT2D eigenvalue weighted by atomic mass is 16.8. The molecule has 0 aliphatic heterocycles. The Hall–Kier alpha value is -3.60. The summed E-state index contributed by atoms with van der Waals surface area (Å²) < 4.78 is 0. The first-order valence-corrected chi connectivity index (χ1v) is 5.61. The first-order valence-electron chi connectivity index (χ1n) is 5.61. The van der Waals surface area contributed by atoms with Gasteiger partial charge >= 0.3 is 0 Å². The van der Waals surface area contributed by atoms with Crippen LogP contribution in [0, 0.1) is 29.4 Å². The third-order valence-electron chi connectivity index (χ3n) is 2.93. The number of rotatable bonds is 12. The Morgan fingerprint density at radius 3 is 0.542 bits per heavy atom. The van der Waals surface area contributed by atoms with Gasteiger partial charge < -0.3 is 29.0 Å². The Labute approximate surface area is 128 Å². The summed E-state index contributed by atoms with van der Waals surface area (Å²) in [6.07, 6.45) is -11.2. The van der Waals surface area contributed by atoms with Gasteiger partial charge in [0.2, 0.25) is 36.6 Å². The van der Waals surface area contributed by atoms with Crippen molar-refractivity contribution in [3.63, 3.8) is 0 Å². The zero-order valence-corrected chi connectivity index (χ0v) is 11.0. The Balaban J connectivity index is 3.36. The molecule has 1 aliphatic rings. The summed E-state index contributed by atoms with van der Waals surface area (Å²) in [5.74, 6) is 0. The van der Waals surface area contributed by atoms with E-state index in [4.69, 9.17) is 0 Å². The van der Waals surface area contributed by atoms with Crippen LogP contribution in [0.1, 0.15) is 0 Å². The first-order chi connectivity index (χ1) is 11.7. The average Bonchev–Trinajstić information content (AvgIpc) is 2.57. The molecule has 0 spiro atoms. The molecule has 18 heteroatoms. The summed E-state index contributed by atoms with van der Waals surface area (Å²) in [6, 6.07) is 0. The van der Waals surface area contributed by atoms with Gasteiger partial charge in [-0.2, -0.15) is 0 Å². The maximum Gasteiger partial charge on any atom is 0.217 e. The van der Waals surface area contributed by atoms with Gasteiger partial charge in [0.05, 0.1) is 0 Å². The Kier molecular flexibility index (Phi) is 7.24. The van der Waals surface area contributed by atoms with Gasteiger partial charge in [-0.3, -0.25) is 0 Å². The molecule has 0 aromatic heterocycles. The maximum absolute atomic E-state index is 10.4. The minimum atomic E-state index is -1.86. The lowest BCUT2D eigenvalue weighted by Gasteiger charge is -2.40. The van der Waals surface area contributed by atoms with E-state index in [2.05, 4.69) is 29.0 Å². The zero-order valence-electron chi connectivity index (χ0n) is 11.0. The Morgan fingerprint density at radius 1 is 0.333 bits per heavy atom. The monoisotopic (exact) mass is 354 g/mol. The van der Waals surface area contributed by atoms with E-state index >= 15 is 0 Å². The standard InChI is InChI=1S/C6H6N6O12/c13-7-19-1-2(20-8-14)4(22-10-16)6(24-12-18)5(23-11-17)3(1)21-9-15/h1-6H. The molecule has 0 unspecified atom stereocenters. The van der Waals surface area contributed by atoms with Gasteiger partial charge in [0.25, 0.3) is 0 Å². The van der Waals surface area contributed by atoms with Crippen molar-refractivity contribution in [2.24, 2.45) is 32.0 Å². The lowest BCUT2D eigenvalue weighted by molar-refractivity contribution is -0.285. The molecule has 0 N–H and O–H groups in total. The molecule has 0 heterocycles. The van der Waals surface area contributed by atoms with Gasteiger partial charge in [0, 0.05) is 0 Å². The minimum absolute atomic E-state index is 1.86. The Morgan fingerprint density at radius 2 is 0.458 bits per heavy atom. The van der Waals surface area contributed by atoms with Crippen LogP contribution in [0.15, 0.2) is 32.0 Å². The SMILES string of the molecule is O=NOC1C(ON=O)C(ON=O)C(ON=O)C(ON=O)C1ON=O. The van der Waals surface area contributed by atoms with E-state index in [1.165, 1.54) is 0 Å². The van der Waals surface area contributed by atoms with Crippen LogP contribution < -0.4 is 0 Å². The van der Waals surface area contributed by atoms with Gasteiger partial charge in [0.1, 0.15) is 0 Å². The molecule has 0 aromatic carbocycles. The molecule has 0 saturated heterocycles. The van der Waals surface area contributed by atoms with Crippen LogP contribution in [-0.2, 0) is 29.0 Å². The van der Waals surface area contributed by atoms with Crippen molar-refractivity contribution >= 4 is 0 Å². The molecular formula is C6H6N6O12. The van der Waals surface area contributed by atoms with Gasteiger partial charge in [-0.15, -0.1) is 29.4 Å². The highest BCUT2D eigenvalue weighted by Gasteiger charge is 2.62. The Bertz CT molecular complexity index is 356. The van der Waals surface area contributed by atoms with E-state index < -0.39 is 36.6 Å². The van der Waals surface area contributed by atoms with E-state index in [-0.39, 0.29) is 0 Å². The van der Waals surface area contributed by atoms with Crippen LogP contribution in [0.25, 0.3) is 0 Å². The molecule has 0 bridgehead atoms. The van der Waals surface area contributed by atoms with Crippen LogP contribution in [0.3, 0.4) is 0 Å². The lowest BCUT2D eigenvalue weighted by atomic mass is 9.84. The van der Waals surface area contributed by atoms with Crippen molar-refractivity contribution < 1.29 is 29.0 Å². The van der Waals surface area contributed by atoms with Gasteiger partial charge in [-0.05, 0) is 0 Å². The summed E-state index contributed by atoms with van der Waals surface area (Å²) in [7, 11) is 0. The fraction of sp³-hybridized carbons (Fsp3) is 1.00. The van der Waals surface area contributed by atoms with Crippen LogP contribution in [0.2, 0.25) is 0 Å². The number of nitrogens with zero attached hydrogens (tertiary/aromatic N) is 6. The maximum atomic E-state index is 10.4. The van der Waals surface area contributed by atoms with Crippen LogP contribution in [0.5, 0.6) is 0 Å². The second-order valence-corrected chi connectivity index (χ2v) is 3.87. The molecule has 0 amide bonds. The smallest absolute Gasteiger partial charge is 0.217 e. The molecule has 0 radical (unpaired) electrons.